The summed E-state index contributed by atoms with van der Waals surface area (Å²) in [6.07, 6.45) is 11.8. The number of hydrogen-bond donors (Lipinski definition) is 0. The molecule has 0 spiro atoms. The van der Waals surface area contributed by atoms with Crippen LogP contribution >= 0.6 is 0 Å². The highest BCUT2D eigenvalue weighted by Crippen LogP contribution is 2.77. The highest BCUT2D eigenvalue weighted by Gasteiger charge is 2.71. The van der Waals surface area contributed by atoms with Crippen molar-refractivity contribution >= 4 is 11.9 Å². The minimum absolute atomic E-state index is 0.0126. The number of allylic oxidation sites excluding steroid dienone is 1. The van der Waals surface area contributed by atoms with Gasteiger partial charge in [-0.3, -0.25) is 4.79 Å². The van der Waals surface area contributed by atoms with Crippen LogP contribution in [0.5, 0.6) is 0 Å². The fraction of sp³-hybridized carbons (Fsp3) is 0.889. The molecule has 0 bridgehead atoms. The first-order chi connectivity index (χ1) is 19.2. The predicted molar refractivity (Wildman–Crippen MR) is 162 cm³/mol. The summed E-state index contributed by atoms with van der Waals surface area (Å²) in [7, 11) is 0. The normalized spacial score (nSPS) is 46.3. The number of esters is 2. The van der Waals surface area contributed by atoms with E-state index in [-0.39, 0.29) is 51.7 Å². The molecule has 0 aromatic rings. The molecule has 5 saturated carbocycles. The average Bonchev–Trinajstić information content (AvgIpc) is 3.28. The third-order valence-corrected chi connectivity index (χ3v) is 14.4. The molecular formula is C36H58O5. The van der Waals surface area contributed by atoms with Gasteiger partial charge >= 0.3 is 11.9 Å². The molecule has 0 aromatic heterocycles. The first kappa shape index (κ1) is 31.1. The number of rotatable bonds is 7. The van der Waals surface area contributed by atoms with E-state index in [0.717, 1.165) is 25.7 Å². The van der Waals surface area contributed by atoms with E-state index in [2.05, 4.69) is 48.1 Å². The minimum atomic E-state index is -0.221. The number of hydrogen-bond acceptors (Lipinski definition) is 5. The van der Waals surface area contributed by atoms with Crippen LogP contribution < -0.4 is 0 Å². The molecule has 0 N–H and O–H groups in total. The van der Waals surface area contributed by atoms with Gasteiger partial charge in [0.15, 0.2) is 0 Å². The molecule has 5 rings (SSSR count). The van der Waals surface area contributed by atoms with Gasteiger partial charge in [-0.05, 0) is 124 Å². The van der Waals surface area contributed by atoms with Gasteiger partial charge in [-0.25, -0.2) is 4.79 Å². The highest BCUT2D eigenvalue weighted by atomic mass is 16.6. The van der Waals surface area contributed by atoms with Gasteiger partial charge < -0.3 is 14.2 Å². The Bertz CT molecular complexity index is 1050. The summed E-state index contributed by atoms with van der Waals surface area (Å²) in [5.41, 5.74) is 2.14. The van der Waals surface area contributed by atoms with Gasteiger partial charge in [-0.2, -0.15) is 0 Å². The second kappa shape index (κ2) is 10.7. The Kier molecular flexibility index (Phi) is 8.08. The van der Waals surface area contributed by atoms with Crippen molar-refractivity contribution in [3.63, 3.8) is 0 Å². The summed E-state index contributed by atoms with van der Waals surface area (Å²) < 4.78 is 17.3. The van der Waals surface area contributed by atoms with Gasteiger partial charge in [-0.1, -0.05) is 46.8 Å². The molecule has 0 heterocycles. The molecule has 0 unspecified atom stereocenters. The zero-order valence-corrected chi connectivity index (χ0v) is 27.4. The summed E-state index contributed by atoms with van der Waals surface area (Å²) >= 11 is 0. The molecule has 5 heteroatoms. The summed E-state index contributed by atoms with van der Waals surface area (Å²) in [5, 5.41) is 0. The van der Waals surface area contributed by atoms with Crippen LogP contribution in [-0.4, -0.2) is 37.9 Å². The third kappa shape index (κ3) is 4.65. The van der Waals surface area contributed by atoms with Crippen molar-refractivity contribution in [3.05, 3.63) is 12.2 Å². The Morgan fingerprint density at radius 2 is 1.56 bits per heavy atom. The summed E-state index contributed by atoms with van der Waals surface area (Å²) in [4.78, 5) is 24.5. The molecule has 0 saturated heterocycles. The van der Waals surface area contributed by atoms with Crippen LogP contribution in [0.4, 0.5) is 0 Å². The van der Waals surface area contributed by atoms with Gasteiger partial charge in [0, 0.05) is 24.4 Å². The lowest BCUT2D eigenvalue weighted by atomic mass is 9.32. The first-order valence-electron chi connectivity index (χ1n) is 16.7. The van der Waals surface area contributed by atoms with Crippen LogP contribution in [0.25, 0.3) is 0 Å². The van der Waals surface area contributed by atoms with Gasteiger partial charge in [0.2, 0.25) is 0 Å². The van der Waals surface area contributed by atoms with Crippen molar-refractivity contribution in [1.29, 1.82) is 0 Å². The fourth-order valence-corrected chi connectivity index (χ4v) is 12.4. The van der Waals surface area contributed by atoms with Crippen LogP contribution in [0.3, 0.4) is 0 Å². The van der Waals surface area contributed by atoms with Crippen molar-refractivity contribution in [1.82, 2.24) is 0 Å². The third-order valence-electron chi connectivity index (χ3n) is 14.4. The van der Waals surface area contributed by atoms with Crippen molar-refractivity contribution < 1.29 is 23.8 Å². The second-order valence-electron chi connectivity index (χ2n) is 16.3. The van der Waals surface area contributed by atoms with Crippen molar-refractivity contribution in [2.75, 3.05) is 19.8 Å². The Morgan fingerprint density at radius 3 is 2.22 bits per heavy atom. The van der Waals surface area contributed by atoms with E-state index in [0.29, 0.717) is 42.8 Å². The van der Waals surface area contributed by atoms with Crippen molar-refractivity contribution in [3.8, 4) is 0 Å². The molecule has 41 heavy (non-hydrogen) atoms. The standard InChI is InChI=1S/C36H58O5/c1-10-39-21-30(38)40-22-36-18-13-25(23(2)3)31(36)26-11-12-28-33(7)16-15-29(41-24(4)37)32(5,6)27(33)14-17-35(28,9)34(26,8)19-20-36/h25-29,31H,2,10-22H2,1,3-9H3/t25-,26+,27-,28+,29-,31+,33-,34+,35+,36+/m0/s1. The maximum atomic E-state index is 12.5. The Balaban J connectivity index is 1.45. The Hall–Kier alpha value is -1.36. The second-order valence-corrected chi connectivity index (χ2v) is 16.3. The number of ether oxygens (including phenoxy) is 3. The van der Waals surface area contributed by atoms with Crippen LogP contribution in [0.1, 0.15) is 120 Å². The topological polar surface area (TPSA) is 61.8 Å². The van der Waals surface area contributed by atoms with Crippen LogP contribution in [-0.2, 0) is 23.8 Å². The molecular weight excluding hydrogens is 512 g/mol. The fourth-order valence-electron chi connectivity index (χ4n) is 12.4. The van der Waals surface area contributed by atoms with Crippen molar-refractivity contribution in [2.24, 2.45) is 56.7 Å². The summed E-state index contributed by atoms with van der Waals surface area (Å²) in [6.45, 7) is 24.0. The lowest BCUT2D eigenvalue weighted by Gasteiger charge is -2.73. The van der Waals surface area contributed by atoms with Gasteiger partial charge in [0.05, 0.1) is 6.61 Å². The van der Waals surface area contributed by atoms with E-state index in [4.69, 9.17) is 14.2 Å². The zero-order valence-electron chi connectivity index (χ0n) is 27.4. The highest BCUT2D eigenvalue weighted by molar-refractivity contribution is 5.70. The number of fused-ring (bicyclic) bond motifs is 7. The van der Waals surface area contributed by atoms with Gasteiger partial charge in [0.1, 0.15) is 12.7 Å². The van der Waals surface area contributed by atoms with Crippen LogP contribution in [0.2, 0.25) is 0 Å². The molecule has 0 aliphatic heterocycles. The van der Waals surface area contributed by atoms with Gasteiger partial charge in [0.25, 0.3) is 0 Å². The maximum Gasteiger partial charge on any atom is 0.332 e. The largest absolute Gasteiger partial charge is 0.463 e. The molecule has 5 aliphatic rings. The number of carbonyl (C=O) groups excluding carboxylic acids is 2. The molecule has 5 fully saturated rings. The van der Waals surface area contributed by atoms with E-state index < -0.39 is 0 Å². The summed E-state index contributed by atoms with van der Waals surface area (Å²) in [6, 6.07) is 0. The smallest absolute Gasteiger partial charge is 0.332 e. The monoisotopic (exact) mass is 570 g/mol. The Morgan fingerprint density at radius 1 is 0.829 bits per heavy atom. The van der Waals surface area contributed by atoms with Crippen LogP contribution in [0, 0.1) is 56.7 Å². The minimum Gasteiger partial charge on any atom is -0.463 e. The lowest BCUT2D eigenvalue weighted by molar-refractivity contribution is -0.252. The average molecular weight is 571 g/mol. The molecule has 0 aromatic carbocycles. The molecule has 0 radical (unpaired) electrons. The van der Waals surface area contributed by atoms with E-state index in [9.17, 15) is 9.59 Å². The van der Waals surface area contributed by atoms with E-state index >= 15 is 0 Å². The van der Waals surface area contributed by atoms with E-state index in [1.165, 1.54) is 44.1 Å². The Labute approximate surface area is 249 Å². The van der Waals surface area contributed by atoms with Crippen LogP contribution in [0.15, 0.2) is 12.2 Å². The van der Waals surface area contributed by atoms with E-state index in [1.807, 2.05) is 6.92 Å². The maximum absolute atomic E-state index is 12.5. The van der Waals surface area contributed by atoms with E-state index in [1.54, 1.807) is 6.92 Å². The molecule has 5 nitrogen and oxygen atoms in total. The molecule has 232 valence electrons. The predicted octanol–water partition coefficient (Wildman–Crippen LogP) is 8.16. The zero-order chi connectivity index (χ0) is 30.0. The lowest BCUT2D eigenvalue weighted by Crippen LogP contribution is -2.67. The molecule has 0 amide bonds. The SMILES string of the molecule is C=C(C)[C@@H]1CC[C@]2(COC(=O)COCC)CC[C@]3(C)[C@H](CC[C@@H]4[C@@]5(C)CC[C@H](OC(C)=O)C(C)(C)[C@@H]5CC[C@]43C)[C@@H]12. The molecule has 10 atom stereocenters. The number of carbonyl (C=O) groups is 2. The summed E-state index contributed by atoms with van der Waals surface area (Å²) in [5.74, 6) is 2.53. The van der Waals surface area contributed by atoms with Gasteiger partial charge in [-0.15, -0.1) is 0 Å². The molecule has 5 aliphatic carbocycles. The quantitative estimate of drug-likeness (QED) is 0.228. The van der Waals surface area contributed by atoms with Crippen molar-refractivity contribution in [2.45, 2.75) is 126 Å². The first-order valence-corrected chi connectivity index (χ1v) is 16.7.